The number of fused-ring (bicyclic) bond motifs is 1. The SMILES string of the molecule is CCn1nc(CC(O)c2cnc(C)s2)c2ccccc21. The van der Waals surface area contributed by atoms with Crippen LogP contribution in [0, 0.1) is 6.92 Å². The molecule has 2 aromatic heterocycles. The normalized spacial score (nSPS) is 12.9. The quantitative estimate of drug-likeness (QED) is 0.802. The van der Waals surface area contributed by atoms with Crippen molar-refractivity contribution < 1.29 is 5.11 Å². The number of aliphatic hydroxyl groups excluding tert-OH is 1. The average molecular weight is 287 g/mol. The van der Waals surface area contributed by atoms with Crippen molar-refractivity contribution in [3.05, 3.63) is 46.0 Å². The Kier molecular flexibility index (Phi) is 3.54. The smallest absolute Gasteiger partial charge is 0.0954 e. The number of para-hydroxylation sites is 1. The van der Waals surface area contributed by atoms with E-state index in [1.54, 1.807) is 6.20 Å². The van der Waals surface area contributed by atoms with E-state index in [2.05, 4.69) is 29.1 Å². The van der Waals surface area contributed by atoms with Crippen LogP contribution in [0.5, 0.6) is 0 Å². The zero-order valence-corrected chi connectivity index (χ0v) is 12.4. The Hall–Kier alpha value is -1.72. The van der Waals surface area contributed by atoms with Crippen LogP contribution in [0.15, 0.2) is 30.5 Å². The number of aryl methyl sites for hydroxylation is 2. The topological polar surface area (TPSA) is 50.9 Å². The summed E-state index contributed by atoms with van der Waals surface area (Å²) in [5.41, 5.74) is 2.07. The molecule has 0 radical (unpaired) electrons. The number of rotatable bonds is 4. The molecule has 0 amide bonds. The largest absolute Gasteiger partial charge is 0.387 e. The fraction of sp³-hybridized carbons (Fsp3) is 0.333. The van der Waals surface area contributed by atoms with Gasteiger partial charge in [0.1, 0.15) is 0 Å². The predicted octanol–water partition coefficient (Wildman–Crippen LogP) is 3.10. The van der Waals surface area contributed by atoms with Gasteiger partial charge in [-0.1, -0.05) is 18.2 Å². The van der Waals surface area contributed by atoms with Crippen LogP contribution in [-0.2, 0) is 13.0 Å². The molecule has 3 aromatic rings. The lowest BCUT2D eigenvalue weighted by Gasteiger charge is -2.05. The van der Waals surface area contributed by atoms with Crippen LogP contribution >= 0.6 is 11.3 Å². The third kappa shape index (κ3) is 2.34. The molecule has 2 heterocycles. The lowest BCUT2D eigenvalue weighted by atomic mass is 10.1. The summed E-state index contributed by atoms with van der Waals surface area (Å²) in [4.78, 5) is 5.10. The van der Waals surface area contributed by atoms with Crippen LogP contribution in [0.1, 0.15) is 28.6 Å². The molecule has 1 aromatic carbocycles. The van der Waals surface area contributed by atoms with Crippen molar-refractivity contribution in [2.45, 2.75) is 32.9 Å². The van der Waals surface area contributed by atoms with Crippen molar-refractivity contribution >= 4 is 22.2 Å². The summed E-state index contributed by atoms with van der Waals surface area (Å²) in [5, 5.41) is 17.1. The molecule has 0 aliphatic heterocycles. The van der Waals surface area contributed by atoms with Crippen molar-refractivity contribution in [3.8, 4) is 0 Å². The highest BCUT2D eigenvalue weighted by Gasteiger charge is 2.16. The first-order valence-corrected chi connectivity index (χ1v) is 7.55. The lowest BCUT2D eigenvalue weighted by Crippen LogP contribution is -2.02. The first-order valence-electron chi connectivity index (χ1n) is 6.74. The highest BCUT2D eigenvalue weighted by atomic mass is 32.1. The van der Waals surface area contributed by atoms with Crippen LogP contribution in [0.2, 0.25) is 0 Å². The molecule has 0 saturated carbocycles. The Balaban J connectivity index is 1.94. The van der Waals surface area contributed by atoms with E-state index in [9.17, 15) is 5.11 Å². The zero-order valence-electron chi connectivity index (χ0n) is 11.6. The Morgan fingerprint density at radius 3 is 2.85 bits per heavy atom. The van der Waals surface area contributed by atoms with E-state index >= 15 is 0 Å². The van der Waals surface area contributed by atoms with Crippen molar-refractivity contribution in [2.24, 2.45) is 0 Å². The number of hydrogen-bond donors (Lipinski definition) is 1. The fourth-order valence-corrected chi connectivity index (χ4v) is 3.17. The molecule has 20 heavy (non-hydrogen) atoms. The molecular weight excluding hydrogens is 270 g/mol. The van der Waals surface area contributed by atoms with Crippen molar-refractivity contribution in [1.29, 1.82) is 0 Å². The van der Waals surface area contributed by atoms with E-state index in [1.807, 2.05) is 23.7 Å². The van der Waals surface area contributed by atoms with Gasteiger partial charge < -0.3 is 5.11 Å². The summed E-state index contributed by atoms with van der Waals surface area (Å²) in [6.07, 6.45) is 1.74. The van der Waals surface area contributed by atoms with E-state index in [-0.39, 0.29) is 0 Å². The summed E-state index contributed by atoms with van der Waals surface area (Å²) < 4.78 is 1.98. The van der Waals surface area contributed by atoms with Crippen LogP contribution < -0.4 is 0 Å². The maximum atomic E-state index is 10.3. The summed E-state index contributed by atoms with van der Waals surface area (Å²) in [5.74, 6) is 0. The molecule has 0 saturated heterocycles. The molecular formula is C15H17N3OS. The van der Waals surface area contributed by atoms with E-state index in [0.717, 1.165) is 33.0 Å². The Morgan fingerprint density at radius 1 is 1.35 bits per heavy atom. The molecule has 1 unspecified atom stereocenters. The van der Waals surface area contributed by atoms with Crippen LogP contribution in [0.3, 0.4) is 0 Å². The fourth-order valence-electron chi connectivity index (χ4n) is 2.40. The minimum absolute atomic E-state index is 0.523. The number of nitrogens with zero attached hydrogens (tertiary/aromatic N) is 3. The molecule has 5 heteroatoms. The number of benzene rings is 1. The van der Waals surface area contributed by atoms with Crippen LogP contribution in [-0.4, -0.2) is 19.9 Å². The first-order chi connectivity index (χ1) is 9.69. The highest BCUT2D eigenvalue weighted by Crippen LogP contribution is 2.27. The maximum Gasteiger partial charge on any atom is 0.0954 e. The molecule has 0 spiro atoms. The second-order valence-corrected chi connectivity index (χ2v) is 6.05. The zero-order chi connectivity index (χ0) is 14.1. The van der Waals surface area contributed by atoms with Gasteiger partial charge in [0, 0.05) is 24.5 Å². The summed E-state index contributed by atoms with van der Waals surface area (Å²) in [7, 11) is 0. The molecule has 4 nitrogen and oxygen atoms in total. The molecule has 0 aliphatic carbocycles. The van der Waals surface area contributed by atoms with Crippen molar-refractivity contribution in [3.63, 3.8) is 0 Å². The van der Waals surface area contributed by atoms with Crippen molar-refractivity contribution in [1.82, 2.24) is 14.8 Å². The monoisotopic (exact) mass is 287 g/mol. The number of hydrogen-bond acceptors (Lipinski definition) is 4. The Bertz CT molecular complexity index is 732. The number of aliphatic hydroxyl groups is 1. The molecule has 104 valence electrons. The Labute approximate surface area is 121 Å². The lowest BCUT2D eigenvalue weighted by molar-refractivity contribution is 0.181. The molecule has 0 bridgehead atoms. The summed E-state index contributed by atoms with van der Waals surface area (Å²) >= 11 is 1.54. The minimum atomic E-state index is -0.537. The number of aromatic nitrogens is 3. The predicted molar refractivity (Wildman–Crippen MR) is 80.9 cm³/mol. The molecule has 1 atom stereocenters. The molecule has 0 aliphatic rings. The second-order valence-electron chi connectivity index (χ2n) is 4.78. The molecule has 0 fully saturated rings. The maximum absolute atomic E-state index is 10.3. The van der Waals surface area contributed by atoms with Crippen LogP contribution in [0.25, 0.3) is 10.9 Å². The van der Waals surface area contributed by atoms with Gasteiger partial charge in [0.15, 0.2) is 0 Å². The van der Waals surface area contributed by atoms with E-state index in [0.29, 0.717) is 6.42 Å². The third-order valence-electron chi connectivity index (χ3n) is 3.39. The van der Waals surface area contributed by atoms with Gasteiger partial charge in [-0.05, 0) is 19.9 Å². The standard InChI is InChI=1S/C15H17N3OS/c1-3-18-13-7-5-4-6-11(13)12(17-18)8-14(19)15-9-16-10(2)20-15/h4-7,9,14,19H,3,8H2,1-2H3. The number of thiazole rings is 1. The van der Waals surface area contributed by atoms with Gasteiger partial charge in [-0.2, -0.15) is 5.10 Å². The van der Waals surface area contributed by atoms with Crippen molar-refractivity contribution in [2.75, 3.05) is 0 Å². The molecule has 1 N–H and O–H groups in total. The summed E-state index contributed by atoms with van der Waals surface area (Å²) in [6, 6.07) is 8.16. The van der Waals surface area contributed by atoms with Gasteiger partial charge in [-0.15, -0.1) is 11.3 Å². The van der Waals surface area contributed by atoms with Gasteiger partial charge >= 0.3 is 0 Å². The first kappa shape index (κ1) is 13.3. The van der Waals surface area contributed by atoms with Gasteiger partial charge in [0.25, 0.3) is 0 Å². The van der Waals surface area contributed by atoms with E-state index in [1.165, 1.54) is 11.3 Å². The van der Waals surface area contributed by atoms with Gasteiger partial charge in [0.2, 0.25) is 0 Å². The minimum Gasteiger partial charge on any atom is -0.387 e. The second kappa shape index (κ2) is 5.34. The van der Waals surface area contributed by atoms with Gasteiger partial charge in [-0.3, -0.25) is 4.68 Å². The molecule has 3 rings (SSSR count). The Morgan fingerprint density at radius 2 is 2.15 bits per heavy atom. The highest BCUT2D eigenvalue weighted by molar-refractivity contribution is 7.11. The van der Waals surface area contributed by atoms with Gasteiger partial charge in [-0.25, -0.2) is 4.98 Å². The average Bonchev–Trinajstić information content (AvgIpc) is 3.03. The summed E-state index contributed by atoms with van der Waals surface area (Å²) in [6.45, 7) is 4.85. The van der Waals surface area contributed by atoms with Crippen LogP contribution in [0.4, 0.5) is 0 Å². The van der Waals surface area contributed by atoms with Gasteiger partial charge in [0.05, 0.1) is 27.2 Å². The third-order valence-corrected chi connectivity index (χ3v) is 4.40. The van der Waals surface area contributed by atoms with E-state index < -0.39 is 6.10 Å². The van der Waals surface area contributed by atoms with E-state index in [4.69, 9.17) is 0 Å².